The van der Waals surface area contributed by atoms with Crippen LogP contribution < -0.4 is 5.32 Å². The molecule has 3 rings (SSSR count). The van der Waals surface area contributed by atoms with Crippen molar-refractivity contribution in [1.29, 1.82) is 0 Å². The van der Waals surface area contributed by atoms with Crippen LogP contribution in [0.1, 0.15) is 35.7 Å². The predicted octanol–water partition coefficient (Wildman–Crippen LogP) is 4.44. The van der Waals surface area contributed by atoms with Gasteiger partial charge in [-0.2, -0.15) is 0 Å². The molecule has 4 nitrogen and oxygen atoms in total. The van der Waals surface area contributed by atoms with E-state index in [1.165, 1.54) is 5.56 Å². The molecule has 1 aromatic carbocycles. The first kappa shape index (κ1) is 16.5. The van der Waals surface area contributed by atoms with Gasteiger partial charge in [-0.25, -0.2) is 4.98 Å². The van der Waals surface area contributed by atoms with Gasteiger partial charge in [0.2, 0.25) is 5.91 Å². The maximum Gasteiger partial charge on any atom is 0.226 e. The van der Waals surface area contributed by atoms with Gasteiger partial charge in [0.15, 0.2) is 0 Å². The molecule has 24 heavy (non-hydrogen) atoms. The summed E-state index contributed by atoms with van der Waals surface area (Å²) < 4.78 is 5.54. The van der Waals surface area contributed by atoms with Crippen LogP contribution in [0, 0.1) is 13.8 Å². The normalized spacial score (nSPS) is 12.1. The van der Waals surface area contributed by atoms with Crippen LogP contribution in [0.15, 0.2) is 46.2 Å². The molecule has 1 amide bonds. The molecule has 0 aliphatic heterocycles. The topological polar surface area (TPSA) is 55.1 Å². The second-order valence-electron chi connectivity index (χ2n) is 5.92. The Balaban J connectivity index is 1.62. The number of rotatable bonds is 5. The predicted molar refractivity (Wildman–Crippen MR) is 96.0 cm³/mol. The fourth-order valence-electron chi connectivity index (χ4n) is 2.43. The van der Waals surface area contributed by atoms with E-state index in [-0.39, 0.29) is 18.4 Å². The van der Waals surface area contributed by atoms with Crippen LogP contribution in [0.3, 0.4) is 0 Å². The molecule has 2 aromatic heterocycles. The molecule has 1 unspecified atom stereocenters. The summed E-state index contributed by atoms with van der Waals surface area (Å²) in [5, 5.41) is 5.82. The van der Waals surface area contributed by atoms with Gasteiger partial charge in [0.05, 0.1) is 18.2 Å². The monoisotopic (exact) mass is 340 g/mol. The molecule has 0 fully saturated rings. The van der Waals surface area contributed by atoms with Crippen LogP contribution in [0.25, 0.3) is 10.6 Å². The molecule has 3 aromatic rings. The lowest BCUT2D eigenvalue weighted by Crippen LogP contribution is -2.27. The molecular formula is C19H20N2O2S. The minimum atomic E-state index is -0.151. The molecule has 0 saturated heterocycles. The zero-order chi connectivity index (χ0) is 17.1. The Morgan fingerprint density at radius 2 is 1.96 bits per heavy atom. The number of nitrogens with one attached hydrogen (secondary N) is 1. The Morgan fingerprint density at radius 1 is 1.21 bits per heavy atom. The third-order valence-electron chi connectivity index (χ3n) is 3.76. The number of aryl methyl sites for hydroxylation is 2. The van der Waals surface area contributed by atoms with E-state index in [0.717, 1.165) is 27.8 Å². The van der Waals surface area contributed by atoms with Gasteiger partial charge in [0, 0.05) is 10.9 Å². The molecule has 0 spiro atoms. The summed E-state index contributed by atoms with van der Waals surface area (Å²) >= 11 is 1.56. The Morgan fingerprint density at radius 3 is 2.62 bits per heavy atom. The molecule has 0 radical (unpaired) electrons. The van der Waals surface area contributed by atoms with Crippen molar-refractivity contribution in [3.63, 3.8) is 0 Å². The molecule has 5 heteroatoms. The zero-order valence-corrected chi connectivity index (χ0v) is 14.8. The lowest BCUT2D eigenvalue weighted by atomic mass is 10.2. The van der Waals surface area contributed by atoms with Crippen LogP contribution in [0.5, 0.6) is 0 Å². The largest absolute Gasteiger partial charge is 0.464 e. The van der Waals surface area contributed by atoms with E-state index >= 15 is 0 Å². The molecule has 0 bridgehead atoms. The van der Waals surface area contributed by atoms with Gasteiger partial charge >= 0.3 is 0 Å². The Hall–Kier alpha value is -2.40. The van der Waals surface area contributed by atoms with Gasteiger partial charge in [0.1, 0.15) is 16.5 Å². The van der Waals surface area contributed by atoms with Crippen molar-refractivity contribution in [2.24, 2.45) is 0 Å². The Bertz CT molecular complexity index is 833. The van der Waals surface area contributed by atoms with Gasteiger partial charge in [-0.15, -0.1) is 11.3 Å². The van der Waals surface area contributed by atoms with Crippen LogP contribution >= 0.6 is 11.3 Å². The lowest BCUT2D eigenvalue weighted by Gasteiger charge is -2.10. The number of hydrogen-bond donors (Lipinski definition) is 1. The van der Waals surface area contributed by atoms with Crippen LogP contribution in [-0.4, -0.2) is 10.9 Å². The van der Waals surface area contributed by atoms with E-state index < -0.39 is 0 Å². The highest BCUT2D eigenvalue weighted by Gasteiger charge is 2.14. The number of benzene rings is 1. The quantitative estimate of drug-likeness (QED) is 0.747. The highest BCUT2D eigenvalue weighted by molar-refractivity contribution is 7.13. The number of aromatic nitrogens is 1. The summed E-state index contributed by atoms with van der Waals surface area (Å²) in [4.78, 5) is 16.8. The SMILES string of the molecule is Cc1ccc(-c2nc(CC(=O)NC(C)c3ccc(C)o3)cs2)cc1. The summed E-state index contributed by atoms with van der Waals surface area (Å²) in [7, 11) is 0. The maximum absolute atomic E-state index is 12.2. The van der Waals surface area contributed by atoms with Crippen molar-refractivity contribution in [1.82, 2.24) is 10.3 Å². The number of thiazole rings is 1. The van der Waals surface area contributed by atoms with Gasteiger partial charge in [0.25, 0.3) is 0 Å². The number of amides is 1. The highest BCUT2D eigenvalue weighted by atomic mass is 32.1. The molecule has 0 aliphatic rings. The van der Waals surface area contributed by atoms with Crippen molar-refractivity contribution in [2.45, 2.75) is 33.2 Å². The first-order valence-electron chi connectivity index (χ1n) is 7.88. The van der Waals surface area contributed by atoms with Crippen LogP contribution in [0.4, 0.5) is 0 Å². The average Bonchev–Trinajstić information content (AvgIpc) is 3.17. The summed E-state index contributed by atoms with van der Waals surface area (Å²) in [6.45, 7) is 5.86. The van der Waals surface area contributed by atoms with Gasteiger partial charge in [-0.05, 0) is 32.9 Å². The minimum absolute atomic E-state index is 0.0580. The average molecular weight is 340 g/mol. The van der Waals surface area contributed by atoms with Gasteiger partial charge in [-0.3, -0.25) is 4.79 Å². The zero-order valence-electron chi connectivity index (χ0n) is 14.0. The van der Waals surface area contributed by atoms with Crippen molar-refractivity contribution >= 4 is 17.2 Å². The summed E-state index contributed by atoms with van der Waals surface area (Å²) in [6.07, 6.45) is 0.270. The fraction of sp³-hybridized carbons (Fsp3) is 0.263. The van der Waals surface area contributed by atoms with Gasteiger partial charge < -0.3 is 9.73 Å². The Kier molecular flexibility index (Phi) is 4.81. The molecular weight excluding hydrogens is 320 g/mol. The van der Waals surface area contributed by atoms with E-state index in [1.54, 1.807) is 11.3 Å². The van der Waals surface area contributed by atoms with Crippen molar-refractivity contribution in [3.8, 4) is 10.6 Å². The van der Waals surface area contributed by atoms with Crippen molar-refractivity contribution in [3.05, 3.63) is 64.6 Å². The molecule has 124 valence electrons. The number of carbonyl (C=O) groups is 1. The molecule has 2 heterocycles. The Labute approximate surface area is 145 Å². The molecule has 0 aliphatic carbocycles. The summed E-state index contributed by atoms with van der Waals surface area (Å²) in [5.74, 6) is 1.55. The van der Waals surface area contributed by atoms with Gasteiger partial charge in [-0.1, -0.05) is 29.8 Å². The first-order chi connectivity index (χ1) is 11.5. The van der Waals surface area contributed by atoms with E-state index in [1.807, 2.05) is 31.4 Å². The maximum atomic E-state index is 12.2. The standard InChI is InChI=1S/C19H20N2O2S/c1-12-4-7-15(8-5-12)19-21-16(11-24-19)10-18(22)20-14(3)17-9-6-13(2)23-17/h4-9,11,14H,10H2,1-3H3,(H,20,22). The third-order valence-corrected chi connectivity index (χ3v) is 4.70. The number of furan rings is 1. The third kappa shape index (κ3) is 3.92. The summed E-state index contributed by atoms with van der Waals surface area (Å²) in [5.41, 5.74) is 3.09. The van der Waals surface area contributed by atoms with Crippen LogP contribution in [-0.2, 0) is 11.2 Å². The number of carbonyl (C=O) groups excluding carboxylic acids is 1. The van der Waals surface area contributed by atoms with Crippen LogP contribution in [0.2, 0.25) is 0 Å². The molecule has 1 atom stereocenters. The first-order valence-corrected chi connectivity index (χ1v) is 8.76. The molecule has 1 N–H and O–H groups in total. The number of nitrogens with zero attached hydrogens (tertiary/aromatic N) is 1. The van der Waals surface area contributed by atoms with Crippen molar-refractivity contribution < 1.29 is 9.21 Å². The highest BCUT2D eigenvalue weighted by Crippen LogP contribution is 2.24. The fourth-order valence-corrected chi connectivity index (χ4v) is 3.26. The smallest absolute Gasteiger partial charge is 0.226 e. The summed E-state index contributed by atoms with van der Waals surface area (Å²) in [6, 6.07) is 11.9. The molecule has 0 saturated carbocycles. The number of hydrogen-bond acceptors (Lipinski definition) is 4. The van der Waals surface area contributed by atoms with E-state index in [0.29, 0.717) is 0 Å². The van der Waals surface area contributed by atoms with Crippen molar-refractivity contribution in [2.75, 3.05) is 0 Å². The lowest BCUT2D eigenvalue weighted by molar-refractivity contribution is -0.121. The van der Waals surface area contributed by atoms with E-state index in [4.69, 9.17) is 4.42 Å². The minimum Gasteiger partial charge on any atom is -0.464 e. The van der Waals surface area contributed by atoms with E-state index in [2.05, 4.69) is 41.5 Å². The van der Waals surface area contributed by atoms with E-state index in [9.17, 15) is 4.79 Å². The second-order valence-corrected chi connectivity index (χ2v) is 6.78. The second kappa shape index (κ2) is 7.01.